The molecule has 26 heavy (non-hydrogen) atoms. The van der Waals surface area contributed by atoms with Gasteiger partial charge in [0.25, 0.3) is 0 Å². The van der Waals surface area contributed by atoms with Gasteiger partial charge < -0.3 is 5.32 Å². The zero-order valence-corrected chi connectivity index (χ0v) is 17.0. The van der Waals surface area contributed by atoms with Crippen molar-refractivity contribution >= 4 is 56.4 Å². The van der Waals surface area contributed by atoms with E-state index in [1.807, 2.05) is 12.1 Å². The Bertz CT molecular complexity index is 887. The minimum atomic E-state index is -3.72. The van der Waals surface area contributed by atoms with Crippen LogP contribution >= 0.6 is 34.8 Å². The lowest BCUT2D eigenvalue weighted by Crippen LogP contribution is -2.41. The molecule has 0 radical (unpaired) electrons. The summed E-state index contributed by atoms with van der Waals surface area (Å²) in [6, 6.07) is 11.7. The molecule has 2 aromatic carbocycles. The Labute approximate surface area is 167 Å². The maximum absolute atomic E-state index is 12.2. The molecule has 0 atom stereocenters. The molecular formula is C17H17Cl3N2O3S. The van der Waals surface area contributed by atoms with Crippen LogP contribution in [0.25, 0.3) is 0 Å². The molecule has 1 amide bonds. The summed E-state index contributed by atoms with van der Waals surface area (Å²) in [5.41, 5.74) is 1.17. The van der Waals surface area contributed by atoms with Crippen molar-refractivity contribution in [1.29, 1.82) is 0 Å². The third-order valence-corrected chi connectivity index (χ3v) is 5.45. The number of hydrogen-bond acceptors (Lipinski definition) is 3. The Morgan fingerprint density at radius 1 is 1.04 bits per heavy atom. The predicted molar refractivity (Wildman–Crippen MR) is 107 cm³/mol. The molecule has 2 aromatic rings. The summed E-state index contributed by atoms with van der Waals surface area (Å²) >= 11 is 17.8. The van der Waals surface area contributed by atoms with Gasteiger partial charge in [-0.3, -0.25) is 9.10 Å². The van der Waals surface area contributed by atoms with Crippen LogP contribution in [-0.2, 0) is 21.2 Å². The lowest BCUT2D eigenvalue weighted by atomic mass is 10.1. The van der Waals surface area contributed by atoms with Crippen LogP contribution in [0, 0.1) is 0 Å². The van der Waals surface area contributed by atoms with E-state index in [0.29, 0.717) is 23.0 Å². The van der Waals surface area contributed by atoms with E-state index in [-0.39, 0.29) is 17.3 Å². The Morgan fingerprint density at radius 2 is 1.65 bits per heavy atom. The highest BCUT2D eigenvalue weighted by Crippen LogP contribution is 2.30. The molecule has 0 aliphatic heterocycles. The fraction of sp³-hybridized carbons (Fsp3) is 0.235. The van der Waals surface area contributed by atoms with Crippen LogP contribution in [0.4, 0.5) is 5.69 Å². The van der Waals surface area contributed by atoms with Gasteiger partial charge in [-0.05, 0) is 42.3 Å². The van der Waals surface area contributed by atoms with E-state index in [4.69, 9.17) is 34.8 Å². The van der Waals surface area contributed by atoms with Gasteiger partial charge in [-0.15, -0.1) is 0 Å². The van der Waals surface area contributed by atoms with Crippen molar-refractivity contribution in [1.82, 2.24) is 5.32 Å². The number of hydrogen-bond donors (Lipinski definition) is 1. The van der Waals surface area contributed by atoms with Crippen molar-refractivity contribution in [2.45, 2.75) is 6.42 Å². The van der Waals surface area contributed by atoms with Crippen LogP contribution in [0.2, 0.25) is 15.1 Å². The number of benzene rings is 2. The first kappa shape index (κ1) is 20.8. The maximum Gasteiger partial charge on any atom is 0.240 e. The van der Waals surface area contributed by atoms with E-state index in [2.05, 4.69) is 5.32 Å². The summed E-state index contributed by atoms with van der Waals surface area (Å²) in [4.78, 5) is 12.2. The van der Waals surface area contributed by atoms with Crippen molar-refractivity contribution in [3.63, 3.8) is 0 Å². The number of nitrogens with zero attached hydrogens (tertiary/aromatic N) is 1. The third-order valence-electron chi connectivity index (χ3n) is 3.51. The van der Waals surface area contributed by atoms with E-state index in [0.717, 1.165) is 16.1 Å². The van der Waals surface area contributed by atoms with E-state index in [9.17, 15) is 13.2 Å². The summed E-state index contributed by atoms with van der Waals surface area (Å²) in [6.45, 7) is -0.0269. The maximum atomic E-state index is 12.2. The zero-order chi connectivity index (χ0) is 19.3. The normalized spacial score (nSPS) is 11.2. The minimum Gasteiger partial charge on any atom is -0.354 e. The van der Waals surface area contributed by atoms with Crippen molar-refractivity contribution in [3.8, 4) is 0 Å². The molecule has 0 spiro atoms. The van der Waals surface area contributed by atoms with Crippen molar-refractivity contribution in [3.05, 3.63) is 63.1 Å². The largest absolute Gasteiger partial charge is 0.354 e. The number of amides is 1. The van der Waals surface area contributed by atoms with Gasteiger partial charge in [-0.25, -0.2) is 8.42 Å². The standard InChI is InChI=1S/C17H17Cl3N2O3S/c1-26(24,25)22(16-10-14(19)6-7-15(16)20)11-17(23)21-9-8-12-2-4-13(18)5-3-12/h2-7,10H,8-9,11H2,1H3,(H,21,23). The summed E-state index contributed by atoms with van der Waals surface area (Å²) < 4.78 is 25.1. The molecule has 5 nitrogen and oxygen atoms in total. The van der Waals surface area contributed by atoms with Crippen LogP contribution in [0.3, 0.4) is 0 Å². The summed E-state index contributed by atoms with van der Waals surface area (Å²) in [5.74, 6) is -0.444. The van der Waals surface area contributed by atoms with Crippen LogP contribution in [0.1, 0.15) is 5.56 Å². The molecule has 0 bridgehead atoms. The molecule has 0 saturated carbocycles. The van der Waals surface area contributed by atoms with Crippen molar-refractivity contribution < 1.29 is 13.2 Å². The van der Waals surface area contributed by atoms with Gasteiger partial charge in [0, 0.05) is 16.6 Å². The fourth-order valence-corrected chi connectivity index (χ4v) is 3.66. The van der Waals surface area contributed by atoms with Crippen molar-refractivity contribution in [2.24, 2.45) is 0 Å². The minimum absolute atomic E-state index is 0.162. The van der Waals surface area contributed by atoms with Crippen LogP contribution < -0.4 is 9.62 Å². The third kappa shape index (κ3) is 6.06. The number of rotatable bonds is 7. The number of halogens is 3. The first-order valence-corrected chi connectivity index (χ1v) is 10.6. The van der Waals surface area contributed by atoms with Gasteiger partial charge in [0.05, 0.1) is 17.0 Å². The smallest absolute Gasteiger partial charge is 0.240 e. The van der Waals surface area contributed by atoms with E-state index < -0.39 is 15.9 Å². The second-order valence-electron chi connectivity index (χ2n) is 5.59. The molecule has 0 unspecified atom stereocenters. The Kier molecular flexibility index (Phi) is 7.17. The molecule has 0 aliphatic carbocycles. The van der Waals surface area contributed by atoms with Gasteiger partial charge in [-0.2, -0.15) is 0 Å². The van der Waals surface area contributed by atoms with Gasteiger partial charge in [0.1, 0.15) is 6.54 Å². The number of carbonyl (C=O) groups is 1. The second-order valence-corrected chi connectivity index (χ2v) is 8.78. The van der Waals surface area contributed by atoms with E-state index in [1.165, 1.54) is 12.1 Å². The average molecular weight is 436 g/mol. The molecule has 0 aliphatic rings. The van der Waals surface area contributed by atoms with Crippen LogP contribution in [0.5, 0.6) is 0 Å². The Morgan fingerprint density at radius 3 is 2.27 bits per heavy atom. The zero-order valence-electron chi connectivity index (χ0n) is 13.9. The number of carbonyl (C=O) groups excluding carboxylic acids is 1. The Balaban J connectivity index is 2.03. The fourth-order valence-electron chi connectivity index (χ4n) is 2.24. The number of sulfonamides is 1. The predicted octanol–water partition coefficient (Wildman–Crippen LogP) is 3.77. The lowest BCUT2D eigenvalue weighted by Gasteiger charge is -2.23. The summed E-state index contributed by atoms with van der Waals surface area (Å²) in [6.07, 6.45) is 1.60. The molecule has 0 saturated heterocycles. The second kappa shape index (κ2) is 8.95. The quantitative estimate of drug-likeness (QED) is 0.720. The van der Waals surface area contributed by atoms with Gasteiger partial charge in [-0.1, -0.05) is 46.9 Å². The van der Waals surface area contributed by atoms with E-state index in [1.54, 1.807) is 18.2 Å². The molecule has 9 heteroatoms. The summed E-state index contributed by atoms with van der Waals surface area (Å²) in [5, 5.41) is 3.85. The molecule has 140 valence electrons. The first-order valence-electron chi connectivity index (χ1n) is 7.61. The lowest BCUT2D eigenvalue weighted by molar-refractivity contribution is -0.119. The highest BCUT2D eigenvalue weighted by atomic mass is 35.5. The molecule has 2 rings (SSSR count). The number of anilines is 1. The topological polar surface area (TPSA) is 66.5 Å². The molecule has 1 N–H and O–H groups in total. The van der Waals surface area contributed by atoms with E-state index >= 15 is 0 Å². The van der Waals surface area contributed by atoms with Gasteiger partial charge in [0.15, 0.2) is 0 Å². The van der Waals surface area contributed by atoms with Crippen LogP contribution in [-0.4, -0.2) is 33.7 Å². The highest BCUT2D eigenvalue weighted by molar-refractivity contribution is 7.92. The number of nitrogens with one attached hydrogen (secondary N) is 1. The first-order chi connectivity index (χ1) is 12.2. The van der Waals surface area contributed by atoms with Gasteiger partial charge >= 0.3 is 0 Å². The van der Waals surface area contributed by atoms with Gasteiger partial charge in [0.2, 0.25) is 15.9 Å². The molecular weight excluding hydrogens is 419 g/mol. The average Bonchev–Trinajstić information content (AvgIpc) is 2.56. The molecule has 0 fully saturated rings. The molecule has 0 heterocycles. The Hall–Kier alpha value is -1.47. The van der Waals surface area contributed by atoms with Crippen molar-refractivity contribution in [2.75, 3.05) is 23.7 Å². The highest BCUT2D eigenvalue weighted by Gasteiger charge is 2.23. The monoisotopic (exact) mass is 434 g/mol. The summed E-state index contributed by atoms with van der Waals surface area (Å²) in [7, 11) is -3.72. The SMILES string of the molecule is CS(=O)(=O)N(CC(=O)NCCc1ccc(Cl)cc1)c1cc(Cl)ccc1Cl. The molecule has 0 aromatic heterocycles. The van der Waals surface area contributed by atoms with Crippen LogP contribution in [0.15, 0.2) is 42.5 Å².